The summed E-state index contributed by atoms with van der Waals surface area (Å²) in [6.07, 6.45) is 0.817. The van der Waals surface area contributed by atoms with Crippen LogP contribution in [0.4, 0.5) is 4.39 Å². The zero-order valence-electron chi connectivity index (χ0n) is 10.6. The van der Waals surface area contributed by atoms with Crippen molar-refractivity contribution < 1.29 is 13.7 Å². The molecule has 0 radical (unpaired) electrons. The molecule has 18 heavy (non-hydrogen) atoms. The summed E-state index contributed by atoms with van der Waals surface area (Å²) in [5, 5.41) is 1.31. The molecule has 0 aliphatic carbocycles. The van der Waals surface area contributed by atoms with Gasteiger partial charge in [0.25, 0.3) is 0 Å². The molecule has 0 saturated heterocycles. The van der Waals surface area contributed by atoms with Crippen LogP contribution in [-0.4, -0.2) is 23.9 Å². The number of halogens is 1. The fraction of sp³-hybridized carbons (Fsp3) is 0.417. The van der Waals surface area contributed by atoms with E-state index in [1.165, 1.54) is 11.4 Å². The van der Waals surface area contributed by atoms with Gasteiger partial charge in [-0.05, 0) is 0 Å². The molecule has 98 valence electrons. The van der Waals surface area contributed by atoms with Crippen molar-refractivity contribution in [2.24, 2.45) is 0 Å². The Morgan fingerprint density at radius 3 is 2.94 bits per heavy atom. The minimum absolute atomic E-state index is 0.173. The molecule has 1 rings (SSSR count). The van der Waals surface area contributed by atoms with Gasteiger partial charge in [-0.1, -0.05) is 0 Å². The van der Waals surface area contributed by atoms with E-state index in [4.69, 9.17) is 4.74 Å². The number of hydrogen-bond donors (Lipinski definition) is 1. The van der Waals surface area contributed by atoms with Crippen molar-refractivity contribution in [3.63, 3.8) is 0 Å². The number of rotatable bonds is 7. The first-order chi connectivity index (χ1) is 8.58. The molecule has 0 unspecified atom stereocenters. The SMILES string of the molecule is B=C[S@+]([O-])N[C@@H](C)c1ccc(F)c(OCCC)c1. The Balaban J connectivity index is 2.79. The molecule has 0 heterocycles. The summed E-state index contributed by atoms with van der Waals surface area (Å²) in [5.74, 6) is -0.156. The average molecular weight is 269 g/mol. The predicted molar refractivity (Wildman–Crippen MR) is 75.1 cm³/mol. The van der Waals surface area contributed by atoms with Gasteiger partial charge in [0.1, 0.15) is 0 Å². The van der Waals surface area contributed by atoms with E-state index < -0.39 is 11.4 Å². The van der Waals surface area contributed by atoms with Crippen LogP contribution in [0.25, 0.3) is 0 Å². The van der Waals surface area contributed by atoms with Gasteiger partial charge in [-0.2, -0.15) is 0 Å². The zero-order chi connectivity index (χ0) is 13.5. The molecule has 0 spiro atoms. The average Bonchev–Trinajstić information content (AvgIpc) is 2.37. The first-order valence-electron chi connectivity index (χ1n) is 5.80. The summed E-state index contributed by atoms with van der Waals surface area (Å²) >= 11 is -1.30. The summed E-state index contributed by atoms with van der Waals surface area (Å²) in [4.78, 5) is 0. The van der Waals surface area contributed by atoms with Crippen LogP contribution < -0.4 is 9.46 Å². The summed E-state index contributed by atoms with van der Waals surface area (Å²) < 4.78 is 32.9. The van der Waals surface area contributed by atoms with Gasteiger partial charge in [-0.25, -0.2) is 0 Å². The molecular formula is C12H17BFNO2S. The Kier molecular flexibility index (Phi) is 6.39. The number of benzene rings is 1. The van der Waals surface area contributed by atoms with E-state index in [1.807, 2.05) is 13.8 Å². The van der Waals surface area contributed by atoms with Crippen LogP contribution in [0, 0.1) is 5.82 Å². The first-order valence-corrected chi connectivity index (χ1v) is 7.01. The third kappa shape index (κ3) is 4.44. The summed E-state index contributed by atoms with van der Waals surface area (Å²) in [6.45, 7) is 4.28. The van der Waals surface area contributed by atoms with Gasteiger partial charge in [0.05, 0.1) is 0 Å². The van der Waals surface area contributed by atoms with E-state index in [0.717, 1.165) is 12.0 Å². The molecule has 0 amide bonds. The molecule has 2 atom stereocenters. The summed E-state index contributed by atoms with van der Waals surface area (Å²) in [6, 6.07) is 4.46. The Hall–Kier alpha value is -0.845. The van der Waals surface area contributed by atoms with E-state index in [9.17, 15) is 8.94 Å². The van der Waals surface area contributed by atoms with Crippen LogP contribution in [-0.2, 0) is 11.4 Å². The van der Waals surface area contributed by atoms with E-state index in [1.54, 1.807) is 12.1 Å². The van der Waals surface area contributed by atoms with Gasteiger partial charge < -0.3 is 0 Å². The van der Waals surface area contributed by atoms with E-state index in [0.29, 0.717) is 6.61 Å². The topological polar surface area (TPSA) is 44.3 Å². The quantitative estimate of drug-likeness (QED) is 0.604. The normalized spacial score (nSPS) is 13.9. The van der Waals surface area contributed by atoms with Crippen molar-refractivity contribution in [3.8, 4) is 5.75 Å². The fourth-order valence-corrected chi connectivity index (χ4v) is 1.98. The molecular weight excluding hydrogens is 252 g/mol. The Morgan fingerprint density at radius 1 is 1.61 bits per heavy atom. The van der Waals surface area contributed by atoms with Crippen LogP contribution in [0.15, 0.2) is 18.2 Å². The van der Waals surface area contributed by atoms with Gasteiger partial charge in [0.15, 0.2) is 0 Å². The van der Waals surface area contributed by atoms with Crippen LogP contribution >= 0.6 is 0 Å². The molecule has 0 aliphatic rings. The van der Waals surface area contributed by atoms with Gasteiger partial charge in [-0.15, -0.1) is 0 Å². The molecule has 6 heteroatoms. The van der Waals surface area contributed by atoms with Crippen LogP contribution in [0.1, 0.15) is 31.9 Å². The monoisotopic (exact) mass is 269 g/mol. The molecule has 1 aromatic carbocycles. The van der Waals surface area contributed by atoms with E-state index in [-0.39, 0.29) is 17.6 Å². The summed E-state index contributed by atoms with van der Waals surface area (Å²) in [7, 11) is 3.43. The molecule has 3 nitrogen and oxygen atoms in total. The predicted octanol–water partition coefficient (Wildman–Crippen LogP) is 1.59. The maximum absolute atomic E-state index is 13.5. The minimum atomic E-state index is -1.30. The van der Waals surface area contributed by atoms with Gasteiger partial charge in [-0.3, -0.25) is 0 Å². The van der Waals surface area contributed by atoms with Gasteiger partial charge in [0, 0.05) is 0 Å². The van der Waals surface area contributed by atoms with Crippen LogP contribution in [0.3, 0.4) is 0 Å². The molecule has 0 fully saturated rings. The maximum atomic E-state index is 13.5. The molecule has 1 aromatic rings. The molecule has 0 saturated carbocycles. The molecule has 0 bridgehead atoms. The number of nitrogens with one attached hydrogen (secondary N) is 1. The van der Waals surface area contributed by atoms with Gasteiger partial charge in [0.2, 0.25) is 0 Å². The Morgan fingerprint density at radius 2 is 2.33 bits per heavy atom. The third-order valence-electron chi connectivity index (χ3n) is 2.36. The third-order valence-corrected chi connectivity index (χ3v) is 3.25. The van der Waals surface area contributed by atoms with E-state index >= 15 is 0 Å². The molecule has 0 aliphatic heterocycles. The standard InChI is InChI=1S/C12H17BFNO2S/c1-3-6-17-12-7-10(4-5-11(12)14)9(2)15-18(16)8-13/h4-5,7-9,13,15H,3,6H2,1-2H3/t9-,18-/m0/s1. The van der Waals surface area contributed by atoms with Gasteiger partial charge >= 0.3 is 111 Å². The van der Waals surface area contributed by atoms with Crippen molar-refractivity contribution in [2.75, 3.05) is 6.61 Å². The van der Waals surface area contributed by atoms with Crippen molar-refractivity contribution in [2.45, 2.75) is 26.3 Å². The Labute approximate surface area is 111 Å². The van der Waals surface area contributed by atoms with Crippen LogP contribution in [0.2, 0.25) is 0 Å². The first kappa shape index (κ1) is 15.2. The fourth-order valence-electron chi connectivity index (χ4n) is 1.40. The van der Waals surface area contributed by atoms with Crippen molar-refractivity contribution in [1.82, 2.24) is 4.72 Å². The molecule has 1 N–H and O–H groups in total. The molecule has 0 aromatic heterocycles. The van der Waals surface area contributed by atoms with E-state index in [2.05, 4.69) is 12.2 Å². The van der Waals surface area contributed by atoms with Crippen molar-refractivity contribution in [1.29, 1.82) is 0 Å². The summed E-state index contributed by atoms with van der Waals surface area (Å²) in [5.41, 5.74) is 0.817. The second kappa shape index (κ2) is 7.56. The number of hydrogen-bond acceptors (Lipinski definition) is 3. The van der Waals surface area contributed by atoms with Crippen molar-refractivity contribution in [3.05, 3.63) is 29.6 Å². The van der Waals surface area contributed by atoms with Crippen molar-refractivity contribution >= 4 is 24.1 Å². The number of ether oxygens (including phenoxy) is 1. The Bertz CT molecular complexity index is 406. The second-order valence-electron chi connectivity index (χ2n) is 3.84. The second-order valence-corrected chi connectivity index (χ2v) is 5.01. The zero-order valence-corrected chi connectivity index (χ0v) is 11.4. The van der Waals surface area contributed by atoms with Crippen LogP contribution in [0.5, 0.6) is 5.75 Å².